The molecule has 1 aliphatic carbocycles. The van der Waals surface area contributed by atoms with Crippen LogP contribution in [0.5, 0.6) is 0 Å². The third kappa shape index (κ3) is 3.92. The Hall–Kier alpha value is -6.82. The van der Waals surface area contributed by atoms with Crippen LogP contribution in [0.1, 0.15) is 34.9 Å². The molecule has 234 valence electrons. The van der Waals surface area contributed by atoms with E-state index < -0.39 is 0 Å². The van der Waals surface area contributed by atoms with Gasteiger partial charge in [-0.2, -0.15) is 10.5 Å². The van der Waals surface area contributed by atoms with E-state index in [4.69, 9.17) is 4.42 Å². The van der Waals surface area contributed by atoms with Crippen molar-refractivity contribution < 1.29 is 4.42 Å². The predicted molar refractivity (Wildman–Crippen MR) is 202 cm³/mol. The highest BCUT2D eigenvalue weighted by atomic mass is 16.3. The number of furan rings is 1. The maximum Gasteiger partial charge on any atom is 0.137 e. The lowest BCUT2D eigenvalue weighted by atomic mass is 9.82. The normalized spacial score (nSPS) is 14.3. The molecule has 50 heavy (non-hydrogen) atoms. The largest absolute Gasteiger partial charge is 0.456 e. The minimum absolute atomic E-state index is 0.150. The second-order valence-corrected chi connectivity index (χ2v) is 13.2. The van der Waals surface area contributed by atoms with Gasteiger partial charge >= 0.3 is 0 Å². The molecule has 0 aliphatic heterocycles. The average molecular weight is 641 g/mol. The van der Waals surface area contributed by atoms with Crippen LogP contribution in [-0.4, -0.2) is 9.13 Å². The molecule has 0 spiro atoms. The fourth-order valence-corrected chi connectivity index (χ4v) is 8.26. The van der Waals surface area contributed by atoms with Crippen molar-refractivity contribution in [3.05, 3.63) is 155 Å². The molecule has 0 saturated heterocycles. The first-order chi connectivity index (χ1) is 24.6. The number of aromatic nitrogens is 2. The number of fused-ring (bicyclic) bond motifs is 10. The van der Waals surface area contributed by atoms with Gasteiger partial charge in [-0.15, -0.1) is 0 Å². The standard InChI is InChI=1S/C45H28N4O/c1-27-21-41-37(32-17-20-43-44(33-12-6-8-14-42(33)50-43)45(32)48(41)30-9-3-2-4-10-30)24-34(27)36-23-29(26-47)16-19-40(36)49-38-13-7-5-11-31(38)35-22-28(25-46)15-18-39(35)49/h2-20,22-24,27H,21H2,1H3. The van der Waals surface area contributed by atoms with Crippen LogP contribution >= 0.6 is 0 Å². The molecule has 1 aliphatic rings. The van der Waals surface area contributed by atoms with Crippen molar-refractivity contribution in [2.75, 3.05) is 0 Å². The van der Waals surface area contributed by atoms with Gasteiger partial charge in [0.15, 0.2) is 0 Å². The Balaban J connectivity index is 1.29. The van der Waals surface area contributed by atoms with E-state index in [1.165, 1.54) is 22.2 Å². The third-order valence-electron chi connectivity index (χ3n) is 10.4. The molecule has 1 atom stereocenters. The van der Waals surface area contributed by atoms with Crippen molar-refractivity contribution in [1.29, 1.82) is 10.5 Å². The predicted octanol–water partition coefficient (Wildman–Crippen LogP) is 11.1. The van der Waals surface area contributed by atoms with Crippen molar-refractivity contribution in [2.45, 2.75) is 13.3 Å². The Morgan fingerprint density at radius 2 is 1.36 bits per heavy atom. The highest BCUT2D eigenvalue weighted by Crippen LogP contribution is 2.46. The van der Waals surface area contributed by atoms with E-state index >= 15 is 0 Å². The van der Waals surface area contributed by atoms with Gasteiger partial charge in [0, 0.05) is 44.1 Å². The van der Waals surface area contributed by atoms with Gasteiger partial charge in [0.1, 0.15) is 11.2 Å². The van der Waals surface area contributed by atoms with Gasteiger partial charge in [-0.25, -0.2) is 0 Å². The number of para-hydroxylation sites is 3. The molecule has 3 heterocycles. The van der Waals surface area contributed by atoms with Gasteiger partial charge in [-0.3, -0.25) is 0 Å². The van der Waals surface area contributed by atoms with Crippen molar-refractivity contribution in [1.82, 2.24) is 9.13 Å². The number of nitriles is 2. The number of hydrogen-bond acceptors (Lipinski definition) is 3. The van der Waals surface area contributed by atoms with Crippen LogP contribution in [0.4, 0.5) is 0 Å². The lowest BCUT2D eigenvalue weighted by Crippen LogP contribution is -2.14. The number of benzene rings is 6. The molecule has 0 N–H and O–H groups in total. The minimum Gasteiger partial charge on any atom is -0.456 e. The minimum atomic E-state index is 0.150. The molecule has 0 bridgehead atoms. The molecular weight excluding hydrogens is 613 g/mol. The fourth-order valence-electron chi connectivity index (χ4n) is 8.26. The number of allylic oxidation sites excluding steroid dienone is 1. The molecule has 9 aromatic rings. The van der Waals surface area contributed by atoms with E-state index in [-0.39, 0.29) is 5.92 Å². The highest BCUT2D eigenvalue weighted by Gasteiger charge is 2.30. The van der Waals surface area contributed by atoms with Gasteiger partial charge in [0.2, 0.25) is 0 Å². The first-order valence-electron chi connectivity index (χ1n) is 16.9. The van der Waals surface area contributed by atoms with E-state index in [9.17, 15) is 10.5 Å². The molecule has 0 fully saturated rings. The van der Waals surface area contributed by atoms with Crippen LogP contribution in [0, 0.1) is 28.6 Å². The maximum absolute atomic E-state index is 10.1. The summed E-state index contributed by atoms with van der Waals surface area (Å²) < 4.78 is 11.1. The Morgan fingerprint density at radius 1 is 0.640 bits per heavy atom. The summed E-state index contributed by atoms with van der Waals surface area (Å²) in [6, 6.07) is 48.2. The first-order valence-corrected chi connectivity index (χ1v) is 16.9. The maximum atomic E-state index is 10.1. The summed E-state index contributed by atoms with van der Waals surface area (Å²) in [4.78, 5) is 0. The van der Waals surface area contributed by atoms with Crippen LogP contribution in [0.2, 0.25) is 0 Å². The van der Waals surface area contributed by atoms with E-state index in [1.54, 1.807) is 0 Å². The van der Waals surface area contributed by atoms with Gasteiger partial charge in [0.25, 0.3) is 0 Å². The first kappa shape index (κ1) is 28.2. The van der Waals surface area contributed by atoms with Crippen LogP contribution in [0.15, 0.2) is 132 Å². The Bertz CT molecular complexity index is 2990. The number of hydrogen-bond donors (Lipinski definition) is 0. The van der Waals surface area contributed by atoms with Crippen LogP contribution in [0.3, 0.4) is 0 Å². The van der Waals surface area contributed by atoms with Crippen molar-refractivity contribution in [3.63, 3.8) is 0 Å². The molecule has 5 heteroatoms. The third-order valence-corrected chi connectivity index (χ3v) is 10.4. The summed E-state index contributed by atoms with van der Waals surface area (Å²) >= 11 is 0. The summed E-state index contributed by atoms with van der Waals surface area (Å²) in [6.07, 6.45) is 3.18. The smallest absolute Gasteiger partial charge is 0.137 e. The lowest BCUT2D eigenvalue weighted by Gasteiger charge is -2.26. The van der Waals surface area contributed by atoms with E-state index in [1.807, 2.05) is 48.5 Å². The SMILES string of the molecule is CC1Cc2c(c3ccc4oc5ccccc5c4c3n2-c2ccccc2)C=C1c1cc(C#N)ccc1-n1c2ccccc2c2cc(C#N)ccc21. The van der Waals surface area contributed by atoms with E-state index in [0.29, 0.717) is 11.1 Å². The summed E-state index contributed by atoms with van der Waals surface area (Å²) in [5, 5.41) is 25.4. The van der Waals surface area contributed by atoms with E-state index in [2.05, 4.69) is 113 Å². The zero-order chi connectivity index (χ0) is 33.5. The van der Waals surface area contributed by atoms with Gasteiger partial charge < -0.3 is 13.6 Å². The molecule has 0 amide bonds. The van der Waals surface area contributed by atoms with Crippen molar-refractivity contribution >= 4 is 66.3 Å². The van der Waals surface area contributed by atoms with E-state index in [0.717, 1.165) is 72.6 Å². The molecule has 10 rings (SSSR count). The highest BCUT2D eigenvalue weighted by molar-refractivity contribution is 6.20. The monoisotopic (exact) mass is 640 g/mol. The molecule has 3 aromatic heterocycles. The molecule has 6 aromatic carbocycles. The zero-order valence-electron chi connectivity index (χ0n) is 27.2. The molecular formula is C45H28N4O. The molecule has 0 radical (unpaired) electrons. The second kappa shape index (κ2) is 10.6. The summed E-state index contributed by atoms with van der Waals surface area (Å²) in [5.41, 5.74) is 13.0. The Kier molecular flexibility index (Phi) is 5.98. The van der Waals surface area contributed by atoms with Gasteiger partial charge in [-0.1, -0.05) is 61.5 Å². The molecule has 5 nitrogen and oxygen atoms in total. The Labute approximate surface area is 287 Å². The summed E-state index contributed by atoms with van der Waals surface area (Å²) in [6.45, 7) is 2.29. The van der Waals surface area contributed by atoms with Crippen molar-refractivity contribution in [2.24, 2.45) is 5.92 Å². The Morgan fingerprint density at radius 3 is 2.20 bits per heavy atom. The summed E-state index contributed by atoms with van der Waals surface area (Å²) in [5.74, 6) is 0.150. The van der Waals surface area contributed by atoms with Crippen LogP contribution < -0.4 is 0 Å². The average Bonchev–Trinajstić information content (AvgIpc) is 3.81. The lowest BCUT2D eigenvalue weighted by molar-refractivity contribution is 0.669. The topological polar surface area (TPSA) is 70.6 Å². The summed E-state index contributed by atoms with van der Waals surface area (Å²) in [7, 11) is 0. The van der Waals surface area contributed by atoms with Crippen LogP contribution in [-0.2, 0) is 6.42 Å². The van der Waals surface area contributed by atoms with Crippen molar-refractivity contribution in [3.8, 4) is 23.5 Å². The van der Waals surface area contributed by atoms with Crippen LogP contribution in [0.25, 0.3) is 77.7 Å². The van der Waals surface area contributed by atoms with Gasteiger partial charge in [0.05, 0.1) is 50.9 Å². The number of nitrogens with zero attached hydrogens (tertiary/aromatic N) is 4. The number of rotatable bonds is 3. The molecule has 0 saturated carbocycles. The zero-order valence-corrected chi connectivity index (χ0v) is 27.2. The quantitative estimate of drug-likeness (QED) is 0.193. The second-order valence-electron chi connectivity index (χ2n) is 13.2. The fraction of sp³-hybridized carbons (Fsp3) is 0.0667. The van der Waals surface area contributed by atoms with Gasteiger partial charge in [-0.05, 0) is 96.8 Å². The molecule has 1 unspecified atom stereocenters.